The molecule has 0 fully saturated rings. The van der Waals surface area contributed by atoms with E-state index in [1.54, 1.807) is 13.3 Å². The number of hydrogen-bond acceptors (Lipinski definition) is 4. The third kappa shape index (κ3) is 2.65. The number of carbonyl (C=O) groups excluding carboxylic acids is 1. The smallest absolute Gasteiger partial charge is 0.419 e. The predicted molar refractivity (Wildman–Crippen MR) is 80.4 cm³/mol. The highest BCUT2D eigenvalue weighted by molar-refractivity contribution is 9.10. The van der Waals surface area contributed by atoms with Gasteiger partial charge in [-0.3, -0.25) is 4.57 Å². The number of pyridine rings is 1. The zero-order chi connectivity index (χ0) is 15.1. The van der Waals surface area contributed by atoms with E-state index in [1.165, 1.54) is 4.57 Å². The Balaban J connectivity index is 2.58. The minimum Gasteiger partial charge on any atom is -0.480 e. The van der Waals surface area contributed by atoms with Gasteiger partial charge in [-0.2, -0.15) is 0 Å². The maximum absolute atomic E-state index is 12.2. The van der Waals surface area contributed by atoms with Gasteiger partial charge in [0, 0.05) is 11.6 Å². The molecule has 6 heteroatoms. The summed E-state index contributed by atoms with van der Waals surface area (Å²) in [6, 6.07) is 1.83. The first-order valence-corrected chi connectivity index (χ1v) is 6.98. The second-order valence-corrected chi connectivity index (χ2v) is 6.24. The van der Waals surface area contributed by atoms with E-state index in [0.29, 0.717) is 17.1 Å². The molecular formula is C14H17BrN2O3. The number of aryl methyl sites for hydroxylation is 1. The molecule has 5 nitrogen and oxygen atoms in total. The minimum absolute atomic E-state index is 0.422. The molecule has 0 aliphatic rings. The minimum atomic E-state index is -0.543. The molecule has 0 atom stereocenters. The average Bonchev–Trinajstić information content (AvgIpc) is 2.77. The van der Waals surface area contributed by atoms with E-state index in [9.17, 15) is 4.79 Å². The lowest BCUT2D eigenvalue weighted by Crippen LogP contribution is -2.26. The van der Waals surface area contributed by atoms with Crippen molar-refractivity contribution < 1.29 is 14.3 Å². The zero-order valence-corrected chi connectivity index (χ0v) is 13.7. The number of nitrogens with zero attached hydrogens (tertiary/aromatic N) is 2. The Morgan fingerprint density at radius 3 is 2.60 bits per heavy atom. The number of aromatic nitrogens is 2. The Bertz CT molecular complexity index is 671. The molecule has 2 aromatic heterocycles. The number of rotatable bonds is 1. The van der Waals surface area contributed by atoms with Gasteiger partial charge < -0.3 is 9.47 Å². The molecule has 0 aliphatic heterocycles. The van der Waals surface area contributed by atoms with Gasteiger partial charge in [0.05, 0.1) is 22.8 Å². The molecule has 0 N–H and O–H groups in total. The zero-order valence-electron chi connectivity index (χ0n) is 12.2. The number of fused-ring (bicyclic) bond motifs is 1. The molecule has 0 radical (unpaired) electrons. The summed E-state index contributed by atoms with van der Waals surface area (Å²) in [5, 5.41) is 0.861. The normalized spacial score (nSPS) is 11.7. The first-order valence-electron chi connectivity index (χ1n) is 6.19. The van der Waals surface area contributed by atoms with Crippen molar-refractivity contribution in [1.29, 1.82) is 0 Å². The number of carbonyl (C=O) groups is 1. The molecule has 0 unspecified atom stereocenters. The fourth-order valence-corrected chi connectivity index (χ4v) is 2.52. The molecular weight excluding hydrogens is 324 g/mol. The molecule has 2 heterocycles. The molecule has 0 spiro atoms. The van der Waals surface area contributed by atoms with E-state index >= 15 is 0 Å². The van der Waals surface area contributed by atoms with Crippen LogP contribution in [-0.4, -0.2) is 28.4 Å². The van der Waals surface area contributed by atoms with Crippen LogP contribution in [0.25, 0.3) is 10.9 Å². The number of hydrogen-bond donors (Lipinski definition) is 0. The molecule has 0 amide bonds. The van der Waals surface area contributed by atoms with Crippen molar-refractivity contribution in [2.45, 2.75) is 33.3 Å². The first kappa shape index (κ1) is 14.8. The van der Waals surface area contributed by atoms with Gasteiger partial charge >= 0.3 is 6.09 Å². The molecule has 108 valence electrons. The topological polar surface area (TPSA) is 53.4 Å². The van der Waals surface area contributed by atoms with Gasteiger partial charge in [0.15, 0.2) is 0 Å². The fraction of sp³-hybridized carbons (Fsp3) is 0.429. The largest absolute Gasteiger partial charge is 0.480 e. The van der Waals surface area contributed by atoms with E-state index in [0.717, 1.165) is 9.86 Å². The van der Waals surface area contributed by atoms with Crippen LogP contribution in [0.2, 0.25) is 0 Å². The van der Waals surface area contributed by atoms with Crippen LogP contribution < -0.4 is 4.74 Å². The lowest BCUT2D eigenvalue weighted by atomic mass is 10.2. The summed E-state index contributed by atoms with van der Waals surface area (Å²) in [5.41, 5.74) is 0.876. The van der Waals surface area contributed by atoms with Crippen LogP contribution in [0.1, 0.15) is 26.5 Å². The van der Waals surface area contributed by atoms with E-state index in [-0.39, 0.29) is 0 Å². The van der Waals surface area contributed by atoms with Gasteiger partial charge in [0.1, 0.15) is 5.60 Å². The number of halogens is 1. The Hall–Kier alpha value is -1.56. The Kier molecular flexibility index (Phi) is 3.77. The quantitative estimate of drug-likeness (QED) is 0.789. The number of methoxy groups -OCH3 is 1. The highest BCUT2D eigenvalue weighted by atomic mass is 79.9. The van der Waals surface area contributed by atoms with Gasteiger partial charge in [-0.15, -0.1) is 0 Å². The highest BCUT2D eigenvalue weighted by Crippen LogP contribution is 2.33. The standard InChI is InChI=1S/C14H17BrN2O3/c1-8-11-9(10(15)12(16-8)19-5)6-7-17(11)13(18)20-14(2,3)4/h6-7H,1-5H3. The molecule has 2 rings (SSSR count). The van der Waals surface area contributed by atoms with E-state index in [4.69, 9.17) is 9.47 Å². The van der Waals surface area contributed by atoms with Crippen LogP contribution in [0, 0.1) is 6.92 Å². The van der Waals surface area contributed by atoms with Crippen LogP contribution in [0.5, 0.6) is 5.88 Å². The molecule has 20 heavy (non-hydrogen) atoms. The van der Waals surface area contributed by atoms with Crippen LogP contribution in [-0.2, 0) is 4.74 Å². The van der Waals surface area contributed by atoms with Gasteiger partial charge in [-0.05, 0) is 49.7 Å². The third-order valence-corrected chi connectivity index (χ3v) is 3.47. The Morgan fingerprint density at radius 2 is 2.05 bits per heavy atom. The van der Waals surface area contributed by atoms with Crippen molar-refractivity contribution in [2.24, 2.45) is 0 Å². The fourth-order valence-electron chi connectivity index (χ4n) is 1.95. The van der Waals surface area contributed by atoms with Crippen LogP contribution >= 0.6 is 15.9 Å². The summed E-state index contributed by atoms with van der Waals surface area (Å²) in [4.78, 5) is 16.6. The summed E-state index contributed by atoms with van der Waals surface area (Å²) in [7, 11) is 1.56. The van der Waals surface area contributed by atoms with Crippen molar-refractivity contribution in [3.63, 3.8) is 0 Å². The molecule has 0 bridgehead atoms. The van der Waals surface area contributed by atoms with Gasteiger partial charge in [0.2, 0.25) is 5.88 Å². The maximum atomic E-state index is 12.2. The van der Waals surface area contributed by atoms with Crippen LogP contribution in [0.15, 0.2) is 16.7 Å². The summed E-state index contributed by atoms with van der Waals surface area (Å²) in [6.07, 6.45) is 1.26. The molecule has 0 aromatic carbocycles. The van der Waals surface area contributed by atoms with Crippen molar-refractivity contribution in [1.82, 2.24) is 9.55 Å². The summed E-state index contributed by atoms with van der Waals surface area (Å²) < 4.78 is 12.8. The van der Waals surface area contributed by atoms with Gasteiger partial charge in [0.25, 0.3) is 0 Å². The highest BCUT2D eigenvalue weighted by Gasteiger charge is 2.22. The molecule has 0 aliphatic carbocycles. The van der Waals surface area contributed by atoms with Gasteiger partial charge in [-0.1, -0.05) is 0 Å². The summed E-state index contributed by atoms with van der Waals surface area (Å²) >= 11 is 3.45. The maximum Gasteiger partial charge on any atom is 0.419 e. The van der Waals surface area contributed by atoms with Crippen molar-refractivity contribution in [2.75, 3.05) is 7.11 Å². The van der Waals surface area contributed by atoms with Crippen LogP contribution in [0.3, 0.4) is 0 Å². The molecule has 0 saturated heterocycles. The van der Waals surface area contributed by atoms with Crippen molar-refractivity contribution in [3.05, 3.63) is 22.4 Å². The third-order valence-electron chi connectivity index (χ3n) is 2.71. The lowest BCUT2D eigenvalue weighted by Gasteiger charge is -2.20. The van der Waals surface area contributed by atoms with E-state index in [2.05, 4.69) is 20.9 Å². The molecule has 2 aromatic rings. The van der Waals surface area contributed by atoms with Crippen molar-refractivity contribution >= 4 is 32.9 Å². The molecule has 0 saturated carbocycles. The van der Waals surface area contributed by atoms with Crippen LogP contribution in [0.4, 0.5) is 4.79 Å². The summed E-state index contributed by atoms with van der Waals surface area (Å²) in [6.45, 7) is 7.33. The Labute approximate surface area is 126 Å². The van der Waals surface area contributed by atoms with Crippen molar-refractivity contribution in [3.8, 4) is 5.88 Å². The Morgan fingerprint density at radius 1 is 1.40 bits per heavy atom. The predicted octanol–water partition coefficient (Wildman–Crippen LogP) is 3.90. The monoisotopic (exact) mass is 340 g/mol. The second-order valence-electron chi connectivity index (χ2n) is 5.45. The average molecular weight is 341 g/mol. The van der Waals surface area contributed by atoms with Gasteiger partial charge in [-0.25, -0.2) is 9.78 Å². The number of ether oxygens (including phenoxy) is 2. The summed E-state index contributed by atoms with van der Waals surface area (Å²) in [5.74, 6) is 0.497. The van der Waals surface area contributed by atoms with E-state index in [1.807, 2.05) is 33.8 Å². The SMILES string of the molecule is COc1nc(C)c2c(ccn2C(=O)OC(C)(C)C)c1Br. The second kappa shape index (κ2) is 5.09. The van der Waals surface area contributed by atoms with E-state index < -0.39 is 11.7 Å². The lowest BCUT2D eigenvalue weighted by molar-refractivity contribution is 0.0544. The first-order chi connectivity index (χ1) is 9.24.